The molecule has 0 aliphatic rings. The molecule has 0 amide bonds. The molecule has 2 aromatic carbocycles. The van der Waals surface area contributed by atoms with Gasteiger partial charge in [0.25, 0.3) is 0 Å². The van der Waals surface area contributed by atoms with Crippen LogP contribution in [-0.4, -0.2) is 4.21 Å². The quantitative estimate of drug-likeness (QED) is 0.862. The molecule has 0 saturated heterocycles. The maximum Gasteiger partial charge on any atom is 0.0509 e. The van der Waals surface area contributed by atoms with E-state index < -0.39 is 10.8 Å². The van der Waals surface area contributed by atoms with Crippen LogP contribution in [0.3, 0.4) is 0 Å². The van der Waals surface area contributed by atoms with E-state index in [2.05, 4.69) is 22.0 Å². The van der Waals surface area contributed by atoms with Crippen molar-refractivity contribution >= 4 is 32.4 Å². The van der Waals surface area contributed by atoms with Crippen molar-refractivity contribution in [3.63, 3.8) is 0 Å². The summed E-state index contributed by atoms with van der Waals surface area (Å²) < 4.78 is 13.1. The average molecular weight is 338 g/mol. The molecule has 2 N–H and O–H groups in total. The molecular weight excluding hydrogens is 322 g/mol. The zero-order valence-corrected chi connectivity index (χ0v) is 13.1. The Hall–Kier alpha value is -1.13. The molecule has 0 aliphatic carbocycles. The molecule has 1 atom stereocenters. The Balaban J connectivity index is 2.05. The summed E-state index contributed by atoms with van der Waals surface area (Å²) in [6.45, 7) is 2.04. The smallest absolute Gasteiger partial charge is 0.0509 e. The molecule has 2 nitrogen and oxygen atoms in total. The molecule has 0 aliphatic heterocycles. The number of hydrogen-bond acceptors (Lipinski definition) is 2. The van der Waals surface area contributed by atoms with E-state index >= 15 is 0 Å². The summed E-state index contributed by atoms with van der Waals surface area (Å²) in [5, 5.41) is 0. The van der Waals surface area contributed by atoms with Gasteiger partial charge in [-0.3, -0.25) is 4.21 Å². The van der Waals surface area contributed by atoms with E-state index in [9.17, 15) is 4.21 Å². The summed E-state index contributed by atoms with van der Waals surface area (Å²) in [6, 6.07) is 13.8. The Morgan fingerprint density at radius 2 is 1.95 bits per heavy atom. The van der Waals surface area contributed by atoms with Gasteiger partial charge in [-0.2, -0.15) is 0 Å². The first kappa shape index (κ1) is 14.3. The minimum Gasteiger partial charge on any atom is -0.398 e. The summed E-state index contributed by atoms with van der Waals surface area (Å²) in [5.41, 5.74) is 9.85. The van der Waals surface area contributed by atoms with Gasteiger partial charge in [-0.15, -0.1) is 0 Å². The number of halogens is 1. The molecule has 2 rings (SSSR count). The van der Waals surface area contributed by atoms with Crippen molar-refractivity contribution in [1.82, 2.24) is 0 Å². The molecule has 0 heterocycles. The highest BCUT2D eigenvalue weighted by atomic mass is 79.9. The Bertz CT molecular complexity index is 613. The van der Waals surface area contributed by atoms with Crippen molar-refractivity contribution in [2.24, 2.45) is 0 Å². The largest absolute Gasteiger partial charge is 0.398 e. The maximum absolute atomic E-state index is 12.2. The zero-order valence-electron chi connectivity index (χ0n) is 10.7. The van der Waals surface area contributed by atoms with E-state index in [0.717, 1.165) is 15.6 Å². The van der Waals surface area contributed by atoms with Gasteiger partial charge in [-0.25, -0.2) is 0 Å². The van der Waals surface area contributed by atoms with Crippen molar-refractivity contribution < 1.29 is 4.21 Å². The summed E-state index contributed by atoms with van der Waals surface area (Å²) in [5.74, 6) is 1.06. The van der Waals surface area contributed by atoms with Gasteiger partial charge in [0.2, 0.25) is 0 Å². The first-order chi connectivity index (χ1) is 9.04. The lowest BCUT2D eigenvalue weighted by Crippen LogP contribution is -2.02. The summed E-state index contributed by atoms with van der Waals surface area (Å²) in [7, 11) is -0.942. The maximum atomic E-state index is 12.2. The third-order valence-corrected chi connectivity index (χ3v) is 4.62. The summed E-state index contributed by atoms with van der Waals surface area (Å²) >= 11 is 3.37. The summed E-state index contributed by atoms with van der Waals surface area (Å²) in [4.78, 5) is 0. The van der Waals surface area contributed by atoms with Crippen molar-refractivity contribution in [3.8, 4) is 0 Å². The van der Waals surface area contributed by atoms with Crippen LogP contribution < -0.4 is 5.73 Å². The van der Waals surface area contributed by atoms with Gasteiger partial charge in [0, 0.05) is 26.7 Å². The van der Waals surface area contributed by atoms with E-state index in [-0.39, 0.29) is 0 Å². The standard InChI is InChI=1S/C15H16BrNOS/c1-11-3-2-4-12(7-11)9-19(18)10-13-5-6-14(16)8-15(13)17/h2-8H,9-10,17H2,1H3. The van der Waals surface area contributed by atoms with Crippen molar-refractivity contribution in [3.05, 3.63) is 63.6 Å². The number of benzene rings is 2. The fraction of sp³-hybridized carbons (Fsp3) is 0.200. The highest BCUT2D eigenvalue weighted by Crippen LogP contribution is 2.20. The topological polar surface area (TPSA) is 43.1 Å². The highest BCUT2D eigenvalue weighted by molar-refractivity contribution is 9.10. The second kappa shape index (κ2) is 6.35. The predicted octanol–water partition coefficient (Wildman–Crippen LogP) is 3.79. The molecule has 2 aromatic rings. The van der Waals surface area contributed by atoms with Gasteiger partial charge in [-0.1, -0.05) is 51.8 Å². The van der Waals surface area contributed by atoms with E-state index in [1.807, 2.05) is 43.3 Å². The SMILES string of the molecule is Cc1cccc(CS(=O)Cc2ccc(Br)cc2N)c1. The Labute approximate surface area is 124 Å². The molecule has 0 saturated carbocycles. The van der Waals surface area contributed by atoms with Gasteiger partial charge in [0.15, 0.2) is 0 Å². The Morgan fingerprint density at radius 1 is 1.16 bits per heavy atom. The van der Waals surface area contributed by atoms with E-state index in [0.29, 0.717) is 17.2 Å². The molecule has 19 heavy (non-hydrogen) atoms. The molecule has 0 bridgehead atoms. The Morgan fingerprint density at radius 3 is 2.63 bits per heavy atom. The van der Waals surface area contributed by atoms with Crippen LogP contribution >= 0.6 is 15.9 Å². The molecule has 1 unspecified atom stereocenters. The predicted molar refractivity (Wildman–Crippen MR) is 85.3 cm³/mol. The number of nitrogen functional groups attached to an aromatic ring is 1. The molecule has 100 valence electrons. The Kier molecular flexibility index (Phi) is 4.77. The van der Waals surface area contributed by atoms with Crippen molar-refractivity contribution in [2.45, 2.75) is 18.4 Å². The number of anilines is 1. The third-order valence-electron chi connectivity index (χ3n) is 2.83. The first-order valence-electron chi connectivity index (χ1n) is 5.99. The van der Waals surface area contributed by atoms with Gasteiger partial charge in [0.05, 0.1) is 5.75 Å². The summed E-state index contributed by atoms with van der Waals surface area (Å²) in [6.07, 6.45) is 0. The van der Waals surface area contributed by atoms with Gasteiger partial charge in [0.1, 0.15) is 0 Å². The van der Waals surface area contributed by atoms with E-state index in [1.54, 1.807) is 0 Å². The van der Waals surface area contributed by atoms with Gasteiger partial charge in [-0.05, 0) is 30.2 Å². The molecule has 0 aromatic heterocycles. The zero-order chi connectivity index (χ0) is 13.8. The molecule has 4 heteroatoms. The van der Waals surface area contributed by atoms with Crippen LogP contribution in [0.5, 0.6) is 0 Å². The van der Waals surface area contributed by atoms with Crippen LogP contribution in [0.2, 0.25) is 0 Å². The van der Waals surface area contributed by atoms with Crippen LogP contribution in [0.15, 0.2) is 46.9 Å². The normalized spacial score (nSPS) is 12.3. The molecule has 0 radical (unpaired) electrons. The molecule has 0 spiro atoms. The number of hydrogen-bond donors (Lipinski definition) is 1. The van der Waals surface area contributed by atoms with Crippen LogP contribution in [0.1, 0.15) is 16.7 Å². The number of rotatable bonds is 4. The molecule has 0 fully saturated rings. The van der Waals surface area contributed by atoms with Crippen LogP contribution in [0.4, 0.5) is 5.69 Å². The third kappa shape index (κ3) is 4.18. The van der Waals surface area contributed by atoms with Crippen LogP contribution in [-0.2, 0) is 22.3 Å². The van der Waals surface area contributed by atoms with E-state index in [4.69, 9.17) is 5.73 Å². The first-order valence-corrected chi connectivity index (χ1v) is 8.27. The van der Waals surface area contributed by atoms with Crippen LogP contribution in [0.25, 0.3) is 0 Å². The lowest BCUT2D eigenvalue weighted by molar-refractivity contribution is 0.682. The second-order valence-corrected chi connectivity index (χ2v) is 6.93. The lowest BCUT2D eigenvalue weighted by Gasteiger charge is -2.07. The van der Waals surface area contributed by atoms with Crippen LogP contribution in [0, 0.1) is 6.92 Å². The monoisotopic (exact) mass is 337 g/mol. The highest BCUT2D eigenvalue weighted by Gasteiger charge is 2.07. The van der Waals surface area contributed by atoms with E-state index in [1.165, 1.54) is 5.56 Å². The van der Waals surface area contributed by atoms with Gasteiger partial charge < -0.3 is 5.73 Å². The fourth-order valence-corrected chi connectivity index (χ4v) is 3.55. The van der Waals surface area contributed by atoms with Crippen molar-refractivity contribution in [1.29, 1.82) is 0 Å². The number of nitrogens with two attached hydrogens (primary N) is 1. The molecular formula is C15H16BrNOS. The minimum atomic E-state index is -0.942. The van der Waals surface area contributed by atoms with Gasteiger partial charge >= 0.3 is 0 Å². The minimum absolute atomic E-state index is 0.493. The van der Waals surface area contributed by atoms with Crippen molar-refractivity contribution in [2.75, 3.05) is 5.73 Å². The lowest BCUT2D eigenvalue weighted by atomic mass is 10.2. The average Bonchev–Trinajstić information content (AvgIpc) is 2.33. The fourth-order valence-electron chi connectivity index (χ4n) is 1.91. The second-order valence-electron chi connectivity index (χ2n) is 4.56. The number of aryl methyl sites for hydroxylation is 1.